The van der Waals surface area contributed by atoms with Gasteiger partial charge in [0.25, 0.3) is 0 Å². The average molecular weight is 250 g/mol. The first kappa shape index (κ1) is 14.2. The number of carboxylic acid groups (broad SMARTS) is 1. The number of carbonyl (C=O) groups is 1. The van der Waals surface area contributed by atoms with Crippen molar-refractivity contribution in [1.82, 2.24) is 4.90 Å². The van der Waals surface area contributed by atoms with Crippen LogP contribution in [0.3, 0.4) is 0 Å². The van der Waals surface area contributed by atoms with Gasteiger partial charge in [-0.05, 0) is 24.7 Å². The minimum Gasteiger partial charge on any atom is -0.480 e. The number of carboxylic acids is 1. The summed E-state index contributed by atoms with van der Waals surface area (Å²) in [5.74, 6) is -0.825. The third kappa shape index (κ3) is 5.62. The molecule has 15 heavy (non-hydrogen) atoms. The molecule has 5 heteroatoms. The number of hydrogen-bond donors (Lipinski definition) is 1. The second kappa shape index (κ2) is 6.67. The summed E-state index contributed by atoms with van der Waals surface area (Å²) in [4.78, 5) is 12.1. The highest BCUT2D eigenvalue weighted by atomic mass is 35.5. The fourth-order valence-corrected chi connectivity index (χ4v) is 1.45. The Morgan fingerprint density at radius 1 is 1.53 bits per heavy atom. The highest BCUT2D eigenvalue weighted by Crippen LogP contribution is 2.11. The van der Waals surface area contributed by atoms with Crippen LogP contribution < -0.4 is 0 Å². The van der Waals surface area contributed by atoms with E-state index in [4.69, 9.17) is 16.7 Å². The van der Waals surface area contributed by atoms with Crippen molar-refractivity contribution >= 4 is 30.0 Å². The summed E-state index contributed by atoms with van der Waals surface area (Å²) in [5.41, 5.74) is 1.02. The number of hydrogen-bond acceptors (Lipinski definition) is 2. The molecule has 84 valence electrons. The Morgan fingerprint density at radius 3 is 2.73 bits per heavy atom. The van der Waals surface area contributed by atoms with Gasteiger partial charge in [-0.3, -0.25) is 9.69 Å². The van der Waals surface area contributed by atoms with Crippen LogP contribution in [-0.2, 0) is 11.3 Å². The highest BCUT2D eigenvalue weighted by molar-refractivity contribution is 6.30. The van der Waals surface area contributed by atoms with Crippen molar-refractivity contribution < 1.29 is 9.90 Å². The molecule has 0 amide bonds. The molecule has 0 aromatic heterocycles. The van der Waals surface area contributed by atoms with E-state index in [1.54, 1.807) is 18.0 Å². The quantitative estimate of drug-likeness (QED) is 0.891. The number of aliphatic carboxylic acids is 1. The van der Waals surface area contributed by atoms with Crippen molar-refractivity contribution in [2.45, 2.75) is 6.54 Å². The normalized spacial score (nSPS) is 9.80. The molecule has 0 aliphatic carbocycles. The lowest BCUT2D eigenvalue weighted by Crippen LogP contribution is -2.25. The lowest BCUT2D eigenvalue weighted by atomic mass is 10.2. The van der Waals surface area contributed by atoms with Crippen molar-refractivity contribution in [3.05, 3.63) is 34.9 Å². The Labute approximate surface area is 100 Å². The first-order chi connectivity index (χ1) is 6.58. The first-order valence-electron chi connectivity index (χ1n) is 4.22. The maximum Gasteiger partial charge on any atom is 0.317 e. The molecule has 1 rings (SSSR count). The van der Waals surface area contributed by atoms with E-state index >= 15 is 0 Å². The van der Waals surface area contributed by atoms with Crippen LogP contribution >= 0.6 is 24.0 Å². The van der Waals surface area contributed by atoms with Gasteiger partial charge in [-0.15, -0.1) is 12.4 Å². The summed E-state index contributed by atoms with van der Waals surface area (Å²) in [5, 5.41) is 9.22. The lowest BCUT2D eigenvalue weighted by Gasteiger charge is -2.13. The molecule has 0 fully saturated rings. The Bertz CT molecular complexity index is 331. The fraction of sp³-hybridized carbons (Fsp3) is 0.300. The average Bonchev–Trinajstić information content (AvgIpc) is 2.01. The van der Waals surface area contributed by atoms with Crippen molar-refractivity contribution in [1.29, 1.82) is 0 Å². The molecule has 0 aliphatic heterocycles. The largest absolute Gasteiger partial charge is 0.480 e. The maximum atomic E-state index is 10.4. The molecular formula is C10H13Cl2NO2. The predicted molar refractivity (Wildman–Crippen MR) is 62.7 cm³/mol. The second-order valence-electron chi connectivity index (χ2n) is 3.20. The van der Waals surface area contributed by atoms with Crippen LogP contribution in [0.1, 0.15) is 5.56 Å². The third-order valence-corrected chi connectivity index (χ3v) is 1.98. The number of likely N-dealkylation sites (N-methyl/N-ethyl adjacent to an activating group) is 1. The zero-order valence-electron chi connectivity index (χ0n) is 8.31. The minimum atomic E-state index is -0.825. The van der Waals surface area contributed by atoms with Gasteiger partial charge in [0.15, 0.2) is 0 Å². The monoisotopic (exact) mass is 249 g/mol. The number of nitrogens with zero attached hydrogens (tertiary/aromatic N) is 1. The van der Waals surface area contributed by atoms with Crippen LogP contribution in [0.15, 0.2) is 24.3 Å². The van der Waals surface area contributed by atoms with Gasteiger partial charge < -0.3 is 5.11 Å². The van der Waals surface area contributed by atoms with E-state index in [2.05, 4.69) is 0 Å². The maximum absolute atomic E-state index is 10.4. The Balaban J connectivity index is 0.00000196. The Hall–Kier alpha value is -0.770. The minimum absolute atomic E-state index is 0. The van der Waals surface area contributed by atoms with Gasteiger partial charge in [-0.1, -0.05) is 23.7 Å². The fourth-order valence-electron chi connectivity index (χ4n) is 1.23. The molecule has 0 radical (unpaired) electrons. The molecule has 0 saturated heterocycles. The Kier molecular flexibility index (Phi) is 6.32. The summed E-state index contributed by atoms with van der Waals surface area (Å²) < 4.78 is 0. The highest BCUT2D eigenvalue weighted by Gasteiger charge is 2.04. The van der Waals surface area contributed by atoms with Crippen LogP contribution in [0, 0.1) is 0 Å². The van der Waals surface area contributed by atoms with Gasteiger partial charge in [0, 0.05) is 11.6 Å². The molecular weight excluding hydrogens is 237 g/mol. The predicted octanol–water partition coefficient (Wildman–Crippen LogP) is 2.28. The summed E-state index contributed by atoms with van der Waals surface area (Å²) in [6, 6.07) is 7.40. The topological polar surface area (TPSA) is 40.5 Å². The molecule has 1 aromatic rings. The van der Waals surface area contributed by atoms with Crippen LogP contribution in [0.2, 0.25) is 5.02 Å². The molecule has 0 heterocycles. The second-order valence-corrected chi connectivity index (χ2v) is 3.63. The van der Waals surface area contributed by atoms with E-state index < -0.39 is 5.97 Å². The van der Waals surface area contributed by atoms with Crippen molar-refractivity contribution in [3.8, 4) is 0 Å². The number of halogens is 2. The lowest BCUT2D eigenvalue weighted by molar-refractivity contribution is -0.138. The van der Waals surface area contributed by atoms with Gasteiger partial charge in [-0.25, -0.2) is 0 Å². The Morgan fingerprint density at radius 2 is 2.20 bits per heavy atom. The number of rotatable bonds is 4. The molecule has 3 nitrogen and oxygen atoms in total. The van der Waals surface area contributed by atoms with E-state index in [0.29, 0.717) is 11.6 Å². The molecule has 1 aromatic carbocycles. The molecule has 0 aliphatic rings. The van der Waals surface area contributed by atoms with Crippen LogP contribution in [0.4, 0.5) is 0 Å². The SMILES string of the molecule is CN(CC(=O)O)Cc1cccc(Cl)c1.Cl. The van der Waals surface area contributed by atoms with E-state index in [-0.39, 0.29) is 19.0 Å². The summed E-state index contributed by atoms with van der Waals surface area (Å²) in [6.45, 7) is 0.624. The van der Waals surface area contributed by atoms with Gasteiger partial charge in [-0.2, -0.15) is 0 Å². The molecule has 0 saturated carbocycles. The van der Waals surface area contributed by atoms with Crippen LogP contribution in [0.5, 0.6) is 0 Å². The van der Waals surface area contributed by atoms with Gasteiger partial charge in [0.05, 0.1) is 6.54 Å². The van der Waals surface area contributed by atoms with E-state index in [9.17, 15) is 4.79 Å². The van der Waals surface area contributed by atoms with E-state index in [1.807, 2.05) is 18.2 Å². The number of benzene rings is 1. The first-order valence-corrected chi connectivity index (χ1v) is 4.60. The van der Waals surface area contributed by atoms with Crippen LogP contribution in [0.25, 0.3) is 0 Å². The smallest absolute Gasteiger partial charge is 0.317 e. The van der Waals surface area contributed by atoms with Gasteiger partial charge >= 0.3 is 5.97 Å². The standard InChI is InChI=1S/C10H12ClNO2.ClH/c1-12(7-10(13)14)6-8-3-2-4-9(11)5-8;/h2-5H,6-7H2,1H3,(H,13,14);1H. The van der Waals surface area contributed by atoms with E-state index in [0.717, 1.165) is 5.56 Å². The molecule has 0 unspecified atom stereocenters. The van der Waals surface area contributed by atoms with E-state index in [1.165, 1.54) is 0 Å². The van der Waals surface area contributed by atoms with Crippen molar-refractivity contribution in [3.63, 3.8) is 0 Å². The van der Waals surface area contributed by atoms with Crippen molar-refractivity contribution in [2.75, 3.05) is 13.6 Å². The summed E-state index contributed by atoms with van der Waals surface area (Å²) in [6.07, 6.45) is 0. The van der Waals surface area contributed by atoms with Gasteiger partial charge in [0.2, 0.25) is 0 Å². The molecule has 1 N–H and O–H groups in total. The van der Waals surface area contributed by atoms with Crippen LogP contribution in [-0.4, -0.2) is 29.6 Å². The third-order valence-electron chi connectivity index (χ3n) is 1.75. The zero-order chi connectivity index (χ0) is 10.6. The summed E-state index contributed by atoms with van der Waals surface area (Å²) in [7, 11) is 1.76. The van der Waals surface area contributed by atoms with Gasteiger partial charge in [0.1, 0.15) is 0 Å². The molecule has 0 spiro atoms. The van der Waals surface area contributed by atoms with Crippen molar-refractivity contribution in [2.24, 2.45) is 0 Å². The molecule has 0 bridgehead atoms. The molecule has 0 atom stereocenters. The summed E-state index contributed by atoms with van der Waals surface area (Å²) >= 11 is 5.80. The zero-order valence-corrected chi connectivity index (χ0v) is 9.88.